The maximum Gasteiger partial charge on any atom is 0.262 e. The maximum absolute atomic E-state index is 14.2. The lowest BCUT2D eigenvalue weighted by Crippen LogP contribution is -2.25. The molecule has 2 heterocycles. The van der Waals surface area contributed by atoms with E-state index < -0.39 is 5.82 Å². The van der Waals surface area contributed by atoms with Crippen LogP contribution in [-0.4, -0.2) is 20.8 Å². The summed E-state index contributed by atoms with van der Waals surface area (Å²) in [6.07, 6.45) is 2.03. The molecule has 0 aliphatic heterocycles. The van der Waals surface area contributed by atoms with Gasteiger partial charge in [-0.1, -0.05) is 6.07 Å². The molecule has 0 amide bonds. The van der Waals surface area contributed by atoms with Crippen LogP contribution in [0.3, 0.4) is 0 Å². The summed E-state index contributed by atoms with van der Waals surface area (Å²) in [5.74, 6) is -0.463. The highest BCUT2D eigenvalue weighted by Gasteiger charge is 2.14. The molecule has 2 N–H and O–H groups in total. The zero-order chi connectivity index (χ0) is 18.8. The van der Waals surface area contributed by atoms with Gasteiger partial charge in [0.1, 0.15) is 5.82 Å². The summed E-state index contributed by atoms with van der Waals surface area (Å²) in [6.45, 7) is 2.10. The van der Waals surface area contributed by atoms with Crippen LogP contribution in [0.25, 0.3) is 10.9 Å². The first-order valence-corrected chi connectivity index (χ1v) is 8.29. The molecule has 0 fully saturated rings. The number of nitrogens with zero attached hydrogens (tertiary/aromatic N) is 2. The Labute approximate surface area is 149 Å². The van der Waals surface area contributed by atoms with Crippen LogP contribution in [0.15, 0.2) is 46.1 Å². The predicted octanol–water partition coefficient (Wildman–Crippen LogP) is 2.27. The van der Waals surface area contributed by atoms with Gasteiger partial charge >= 0.3 is 0 Å². The van der Waals surface area contributed by atoms with E-state index >= 15 is 0 Å². The van der Waals surface area contributed by atoms with Crippen molar-refractivity contribution in [3.05, 3.63) is 68.6 Å². The number of aromatic nitrogens is 2. The number of aliphatic hydroxyl groups excluding tert-OH is 1. The van der Waals surface area contributed by atoms with Crippen LogP contribution in [0.5, 0.6) is 0 Å². The van der Waals surface area contributed by atoms with Gasteiger partial charge in [0.15, 0.2) is 0 Å². The first-order valence-electron chi connectivity index (χ1n) is 8.29. The fourth-order valence-corrected chi connectivity index (χ4v) is 2.89. The van der Waals surface area contributed by atoms with Crippen LogP contribution < -0.4 is 16.4 Å². The summed E-state index contributed by atoms with van der Waals surface area (Å²) in [5.41, 5.74) is 1.07. The van der Waals surface area contributed by atoms with E-state index in [0.717, 1.165) is 5.56 Å². The van der Waals surface area contributed by atoms with Gasteiger partial charge in [-0.25, -0.2) is 4.39 Å². The molecule has 136 valence electrons. The quantitative estimate of drug-likeness (QED) is 0.734. The molecule has 0 radical (unpaired) electrons. The van der Waals surface area contributed by atoms with E-state index in [9.17, 15) is 14.0 Å². The fraction of sp³-hybridized carbons (Fsp3) is 0.263. The van der Waals surface area contributed by atoms with Crippen molar-refractivity contribution in [2.45, 2.75) is 19.9 Å². The van der Waals surface area contributed by atoms with Gasteiger partial charge in [-0.3, -0.25) is 9.59 Å². The minimum absolute atomic E-state index is 0.0303. The Kier molecular flexibility index (Phi) is 4.90. The number of benzene rings is 1. The van der Waals surface area contributed by atoms with E-state index in [2.05, 4.69) is 5.32 Å². The monoisotopic (exact) mass is 357 g/mol. The first-order chi connectivity index (χ1) is 12.4. The van der Waals surface area contributed by atoms with Crippen molar-refractivity contribution >= 4 is 22.3 Å². The lowest BCUT2D eigenvalue weighted by Gasteiger charge is -2.14. The minimum atomic E-state index is -0.463. The zero-order valence-electron chi connectivity index (χ0n) is 14.6. The molecule has 3 rings (SSSR count). The second-order valence-electron chi connectivity index (χ2n) is 6.22. The number of anilines is 2. The highest BCUT2D eigenvalue weighted by atomic mass is 19.1. The number of aliphatic hydroxyl groups is 1. The average molecular weight is 357 g/mol. The predicted molar refractivity (Wildman–Crippen MR) is 99.6 cm³/mol. The molecule has 0 spiro atoms. The number of aryl methyl sites for hydroxylation is 3. The zero-order valence-corrected chi connectivity index (χ0v) is 14.6. The number of pyridine rings is 2. The number of nitrogens with one attached hydrogen (secondary N) is 1. The second-order valence-corrected chi connectivity index (χ2v) is 6.22. The lowest BCUT2D eigenvalue weighted by molar-refractivity contribution is 0.279. The Bertz CT molecular complexity index is 1090. The standard InChI is InChI=1S/C19H20FN3O3/c1-12-4-5-14(13(20)10-12)21-15-11-17(25)22(2)16-6-8-23(7-3-9-24)19(26)18(15)16/h4-6,8,10-11,21,24H,3,7,9H2,1-2H3. The van der Waals surface area contributed by atoms with Crippen molar-refractivity contribution in [3.8, 4) is 0 Å². The molecule has 2 aromatic heterocycles. The van der Waals surface area contributed by atoms with E-state index in [1.165, 1.54) is 21.3 Å². The molecule has 26 heavy (non-hydrogen) atoms. The van der Waals surface area contributed by atoms with Gasteiger partial charge < -0.3 is 19.6 Å². The highest BCUT2D eigenvalue weighted by molar-refractivity contribution is 5.92. The van der Waals surface area contributed by atoms with Gasteiger partial charge in [-0.05, 0) is 37.1 Å². The van der Waals surface area contributed by atoms with Crippen molar-refractivity contribution in [1.29, 1.82) is 0 Å². The van der Waals surface area contributed by atoms with Crippen LogP contribution in [0.4, 0.5) is 15.8 Å². The molecule has 0 unspecified atom stereocenters. The van der Waals surface area contributed by atoms with Gasteiger partial charge in [0, 0.05) is 32.5 Å². The summed E-state index contributed by atoms with van der Waals surface area (Å²) < 4.78 is 17.1. The molecule has 7 heteroatoms. The van der Waals surface area contributed by atoms with Crippen molar-refractivity contribution in [3.63, 3.8) is 0 Å². The van der Waals surface area contributed by atoms with Crippen LogP contribution in [0.1, 0.15) is 12.0 Å². The molecule has 0 aliphatic carbocycles. The molecule has 0 saturated carbocycles. The van der Waals surface area contributed by atoms with Crippen molar-refractivity contribution < 1.29 is 9.50 Å². The number of hydrogen-bond donors (Lipinski definition) is 2. The van der Waals surface area contributed by atoms with Crippen molar-refractivity contribution in [2.24, 2.45) is 7.05 Å². The molecule has 1 aromatic carbocycles. The Morgan fingerprint density at radius 1 is 1.15 bits per heavy atom. The summed E-state index contributed by atoms with van der Waals surface area (Å²) in [4.78, 5) is 25.1. The molecular weight excluding hydrogens is 337 g/mol. The Hall–Kier alpha value is -2.93. The summed E-state index contributed by atoms with van der Waals surface area (Å²) in [6, 6.07) is 7.66. The molecule has 3 aromatic rings. The maximum atomic E-state index is 14.2. The van der Waals surface area contributed by atoms with E-state index in [1.807, 2.05) is 0 Å². The number of rotatable bonds is 5. The SMILES string of the molecule is Cc1ccc(Nc2cc(=O)n(C)c3ccn(CCCO)c(=O)c23)c(F)c1. The largest absolute Gasteiger partial charge is 0.396 e. The lowest BCUT2D eigenvalue weighted by atomic mass is 10.1. The average Bonchev–Trinajstić information content (AvgIpc) is 2.60. The van der Waals surface area contributed by atoms with Crippen molar-refractivity contribution in [2.75, 3.05) is 11.9 Å². The summed E-state index contributed by atoms with van der Waals surface area (Å²) >= 11 is 0. The van der Waals surface area contributed by atoms with Crippen molar-refractivity contribution in [1.82, 2.24) is 9.13 Å². The molecular formula is C19H20FN3O3. The Balaban J connectivity index is 2.21. The van der Waals surface area contributed by atoms with E-state index in [1.54, 1.807) is 38.4 Å². The molecule has 0 saturated heterocycles. The van der Waals surface area contributed by atoms with Crippen LogP contribution >= 0.6 is 0 Å². The van der Waals surface area contributed by atoms with Crippen LogP contribution in [0, 0.1) is 12.7 Å². The third-order valence-corrected chi connectivity index (χ3v) is 4.32. The van der Waals surface area contributed by atoms with Gasteiger partial charge in [0.05, 0.1) is 22.3 Å². The van der Waals surface area contributed by atoms with Gasteiger partial charge in [0.25, 0.3) is 11.1 Å². The van der Waals surface area contributed by atoms with Gasteiger partial charge in [-0.2, -0.15) is 0 Å². The highest BCUT2D eigenvalue weighted by Crippen LogP contribution is 2.24. The smallest absolute Gasteiger partial charge is 0.262 e. The van der Waals surface area contributed by atoms with E-state index in [-0.39, 0.29) is 29.1 Å². The third kappa shape index (κ3) is 3.25. The molecule has 6 nitrogen and oxygen atoms in total. The minimum Gasteiger partial charge on any atom is -0.396 e. The third-order valence-electron chi connectivity index (χ3n) is 4.32. The fourth-order valence-electron chi connectivity index (χ4n) is 2.89. The molecule has 0 aliphatic rings. The van der Waals surface area contributed by atoms with Gasteiger partial charge in [0.2, 0.25) is 0 Å². The number of hydrogen-bond acceptors (Lipinski definition) is 4. The Morgan fingerprint density at radius 3 is 2.62 bits per heavy atom. The normalized spacial score (nSPS) is 11.1. The Morgan fingerprint density at radius 2 is 1.92 bits per heavy atom. The van der Waals surface area contributed by atoms with Gasteiger partial charge in [-0.15, -0.1) is 0 Å². The first kappa shape index (κ1) is 17.9. The molecule has 0 atom stereocenters. The number of fused-ring (bicyclic) bond motifs is 1. The summed E-state index contributed by atoms with van der Waals surface area (Å²) in [5, 5.41) is 12.2. The molecule has 0 bridgehead atoms. The number of halogens is 1. The van der Waals surface area contributed by atoms with Crippen LogP contribution in [0.2, 0.25) is 0 Å². The van der Waals surface area contributed by atoms with Crippen LogP contribution in [-0.2, 0) is 13.6 Å². The van der Waals surface area contributed by atoms with E-state index in [4.69, 9.17) is 5.11 Å². The van der Waals surface area contributed by atoms with E-state index in [0.29, 0.717) is 23.9 Å². The topological polar surface area (TPSA) is 76.3 Å². The second kappa shape index (κ2) is 7.13. The summed E-state index contributed by atoms with van der Waals surface area (Å²) in [7, 11) is 1.58.